The molecule has 1 aromatic heterocycles. The average molecular weight is 257 g/mol. The molecule has 2 aromatic rings. The number of phenols is 1. The van der Waals surface area contributed by atoms with E-state index >= 15 is 0 Å². The van der Waals surface area contributed by atoms with Crippen LogP contribution in [0.25, 0.3) is 10.8 Å². The zero-order chi connectivity index (χ0) is 13.2. The molecule has 1 aromatic carbocycles. The molecule has 1 fully saturated rings. The van der Waals surface area contributed by atoms with Gasteiger partial charge < -0.3 is 15.3 Å². The number of hydrogen-bond donors (Lipinski definition) is 2. The minimum absolute atomic E-state index is 0.298. The standard InChI is InChI=1S/C15H19N3O/c1-16-12-5-8-18(9-6-12)15-14-10-13(19)3-2-11(14)4-7-17-15/h2-4,7,10,12,16,19H,5-6,8-9H2,1H3. The Morgan fingerprint density at radius 1 is 1.26 bits per heavy atom. The van der Waals surface area contributed by atoms with Crippen molar-refractivity contribution in [3.8, 4) is 5.75 Å². The molecule has 0 atom stereocenters. The highest BCUT2D eigenvalue weighted by molar-refractivity contribution is 5.93. The van der Waals surface area contributed by atoms with Crippen LogP contribution < -0.4 is 10.2 Å². The summed E-state index contributed by atoms with van der Waals surface area (Å²) in [6.45, 7) is 2.01. The lowest BCUT2D eigenvalue weighted by Gasteiger charge is -2.33. The van der Waals surface area contributed by atoms with Crippen molar-refractivity contribution >= 4 is 16.6 Å². The van der Waals surface area contributed by atoms with Crippen LogP contribution in [0.15, 0.2) is 30.5 Å². The van der Waals surface area contributed by atoms with Gasteiger partial charge in [-0.2, -0.15) is 0 Å². The van der Waals surface area contributed by atoms with Gasteiger partial charge in [0, 0.05) is 30.7 Å². The molecular formula is C15H19N3O. The van der Waals surface area contributed by atoms with Crippen molar-refractivity contribution in [2.75, 3.05) is 25.0 Å². The fourth-order valence-corrected chi connectivity index (χ4v) is 2.77. The molecule has 2 N–H and O–H groups in total. The average Bonchev–Trinajstić information content (AvgIpc) is 2.47. The van der Waals surface area contributed by atoms with E-state index in [4.69, 9.17) is 0 Å². The van der Waals surface area contributed by atoms with Crippen molar-refractivity contribution in [2.45, 2.75) is 18.9 Å². The molecule has 1 aliphatic rings. The summed E-state index contributed by atoms with van der Waals surface area (Å²) in [6.07, 6.45) is 4.11. The first-order valence-electron chi connectivity index (χ1n) is 6.78. The van der Waals surface area contributed by atoms with Gasteiger partial charge in [-0.3, -0.25) is 0 Å². The van der Waals surface area contributed by atoms with Crippen LogP contribution in [0.2, 0.25) is 0 Å². The van der Waals surface area contributed by atoms with E-state index in [1.54, 1.807) is 6.07 Å². The van der Waals surface area contributed by atoms with Crippen LogP contribution in [-0.2, 0) is 0 Å². The van der Waals surface area contributed by atoms with Crippen molar-refractivity contribution in [2.24, 2.45) is 0 Å². The zero-order valence-electron chi connectivity index (χ0n) is 11.1. The number of piperidine rings is 1. The Hall–Kier alpha value is -1.81. The van der Waals surface area contributed by atoms with Gasteiger partial charge in [0.15, 0.2) is 0 Å². The predicted molar refractivity (Wildman–Crippen MR) is 77.7 cm³/mol. The van der Waals surface area contributed by atoms with Gasteiger partial charge in [-0.25, -0.2) is 4.98 Å². The second-order valence-electron chi connectivity index (χ2n) is 5.09. The number of fused-ring (bicyclic) bond motifs is 1. The van der Waals surface area contributed by atoms with Gasteiger partial charge in [-0.05, 0) is 43.5 Å². The second kappa shape index (κ2) is 5.05. The third-order valence-corrected chi connectivity index (χ3v) is 3.93. The second-order valence-corrected chi connectivity index (χ2v) is 5.09. The van der Waals surface area contributed by atoms with E-state index in [-0.39, 0.29) is 0 Å². The molecule has 0 amide bonds. The fraction of sp³-hybridized carbons (Fsp3) is 0.400. The number of anilines is 1. The molecule has 0 aliphatic carbocycles. The summed E-state index contributed by atoms with van der Waals surface area (Å²) in [5.41, 5.74) is 0. The van der Waals surface area contributed by atoms with Crippen LogP contribution in [0.4, 0.5) is 5.82 Å². The molecule has 0 unspecified atom stereocenters. The van der Waals surface area contributed by atoms with Gasteiger partial charge in [0.25, 0.3) is 0 Å². The molecule has 0 radical (unpaired) electrons. The van der Waals surface area contributed by atoms with Crippen molar-refractivity contribution in [3.63, 3.8) is 0 Å². The fourth-order valence-electron chi connectivity index (χ4n) is 2.77. The summed E-state index contributed by atoms with van der Waals surface area (Å²) in [5, 5.41) is 15.2. The summed E-state index contributed by atoms with van der Waals surface area (Å²) < 4.78 is 0. The third-order valence-electron chi connectivity index (χ3n) is 3.93. The lowest BCUT2D eigenvalue weighted by Crippen LogP contribution is -2.41. The molecule has 2 heterocycles. The van der Waals surface area contributed by atoms with Gasteiger partial charge in [0.1, 0.15) is 11.6 Å². The Morgan fingerprint density at radius 2 is 2.05 bits per heavy atom. The highest BCUT2D eigenvalue weighted by atomic mass is 16.3. The summed E-state index contributed by atoms with van der Waals surface area (Å²) in [6, 6.07) is 8.07. The molecule has 100 valence electrons. The van der Waals surface area contributed by atoms with E-state index in [2.05, 4.69) is 15.2 Å². The number of aromatic nitrogens is 1. The Morgan fingerprint density at radius 3 is 2.79 bits per heavy atom. The first kappa shape index (κ1) is 12.2. The molecule has 0 saturated carbocycles. The van der Waals surface area contributed by atoms with E-state index < -0.39 is 0 Å². The Bertz CT molecular complexity index is 577. The van der Waals surface area contributed by atoms with Gasteiger partial charge in [-0.1, -0.05) is 6.07 Å². The van der Waals surface area contributed by atoms with Gasteiger partial charge >= 0.3 is 0 Å². The molecular weight excluding hydrogens is 238 g/mol. The van der Waals surface area contributed by atoms with E-state index in [1.165, 1.54) is 0 Å². The molecule has 3 rings (SSSR count). The van der Waals surface area contributed by atoms with Crippen LogP contribution in [0.3, 0.4) is 0 Å². The normalized spacial score (nSPS) is 17.0. The zero-order valence-corrected chi connectivity index (χ0v) is 11.1. The quantitative estimate of drug-likeness (QED) is 0.865. The van der Waals surface area contributed by atoms with Crippen molar-refractivity contribution in [1.29, 1.82) is 0 Å². The van der Waals surface area contributed by atoms with Gasteiger partial charge in [0.05, 0.1) is 0 Å². The van der Waals surface area contributed by atoms with Crippen LogP contribution in [0.5, 0.6) is 5.75 Å². The number of phenolic OH excluding ortho intramolecular Hbond substituents is 1. The first-order chi connectivity index (χ1) is 9.28. The van der Waals surface area contributed by atoms with Crippen LogP contribution >= 0.6 is 0 Å². The summed E-state index contributed by atoms with van der Waals surface area (Å²) >= 11 is 0. The number of nitrogens with zero attached hydrogens (tertiary/aromatic N) is 2. The Labute approximate surface area is 113 Å². The smallest absolute Gasteiger partial charge is 0.136 e. The van der Waals surface area contributed by atoms with Gasteiger partial charge in [0.2, 0.25) is 0 Å². The highest BCUT2D eigenvalue weighted by Gasteiger charge is 2.20. The molecule has 1 aliphatic heterocycles. The summed E-state index contributed by atoms with van der Waals surface area (Å²) in [7, 11) is 2.02. The van der Waals surface area contributed by atoms with Crippen molar-refractivity contribution < 1.29 is 5.11 Å². The maximum atomic E-state index is 9.68. The largest absolute Gasteiger partial charge is 0.508 e. The molecule has 0 spiro atoms. The van der Waals surface area contributed by atoms with Gasteiger partial charge in [-0.15, -0.1) is 0 Å². The number of rotatable bonds is 2. The summed E-state index contributed by atoms with van der Waals surface area (Å²) in [5.74, 6) is 1.29. The number of aromatic hydroxyl groups is 1. The molecule has 4 heteroatoms. The molecule has 1 saturated heterocycles. The number of hydrogen-bond acceptors (Lipinski definition) is 4. The van der Waals surface area contributed by atoms with Crippen LogP contribution in [0, 0.1) is 0 Å². The van der Waals surface area contributed by atoms with E-state index in [1.807, 2.05) is 31.4 Å². The monoisotopic (exact) mass is 257 g/mol. The van der Waals surface area contributed by atoms with E-state index in [9.17, 15) is 5.11 Å². The number of benzene rings is 1. The number of nitrogens with one attached hydrogen (secondary N) is 1. The lowest BCUT2D eigenvalue weighted by atomic mass is 10.0. The molecule has 0 bridgehead atoms. The highest BCUT2D eigenvalue weighted by Crippen LogP contribution is 2.29. The first-order valence-corrected chi connectivity index (χ1v) is 6.78. The Kier molecular flexibility index (Phi) is 3.25. The third kappa shape index (κ3) is 2.36. The van der Waals surface area contributed by atoms with Crippen LogP contribution in [0.1, 0.15) is 12.8 Å². The topological polar surface area (TPSA) is 48.4 Å². The minimum Gasteiger partial charge on any atom is -0.508 e. The summed E-state index contributed by atoms with van der Waals surface area (Å²) in [4.78, 5) is 6.83. The number of pyridine rings is 1. The van der Waals surface area contributed by atoms with Crippen molar-refractivity contribution in [1.82, 2.24) is 10.3 Å². The van der Waals surface area contributed by atoms with E-state index in [0.29, 0.717) is 11.8 Å². The predicted octanol–water partition coefficient (Wildman–Crippen LogP) is 2.13. The van der Waals surface area contributed by atoms with E-state index in [0.717, 1.165) is 42.5 Å². The Balaban J connectivity index is 1.94. The minimum atomic E-state index is 0.298. The molecule has 4 nitrogen and oxygen atoms in total. The lowest BCUT2D eigenvalue weighted by molar-refractivity contribution is 0.441. The molecule has 19 heavy (non-hydrogen) atoms. The SMILES string of the molecule is CNC1CCN(c2nccc3ccc(O)cc23)CC1. The maximum Gasteiger partial charge on any atom is 0.136 e. The van der Waals surface area contributed by atoms with Crippen molar-refractivity contribution in [3.05, 3.63) is 30.5 Å². The van der Waals surface area contributed by atoms with Crippen LogP contribution in [-0.4, -0.2) is 36.3 Å². The maximum absolute atomic E-state index is 9.68.